The Hall–Kier alpha value is -2.78. The molecule has 2 atom stereocenters. The number of nitrogens with one attached hydrogen (secondary N) is 1. The number of fused-ring (bicyclic) bond motifs is 2. The van der Waals surface area contributed by atoms with Gasteiger partial charge in [0.25, 0.3) is 0 Å². The molecule has 1 aliphatic heterocycles. The van der Waals surface area contributed by atoms with Crippen LogP contribution in [0.2, 0.25) is 0 Å². The van der Waals surface area contributed by atoms with Crippen LogP contribution in [-0.4, -0.2) is 8.96 Å². The molecule has 1 heterocycles. The van der Waals surface area contributed by atoms with E-state index in [1.165, 1.54) is 21.5 Å². The van der Waals surface area contributed by atoms with E-state index in [1.54, 1.807) is 0 Å². The van der Waals surface area contributed by atoms with Gasteiger partial charge in [-0.1, -0.05) is 132 Å². The van der Waals surface area contributed by atoms with Gasteiger partial charge in [-0.25, -0.2) is 8.93 Å². The second-order valence-electron chi connectivity index (χ2n) is 13.4. The van der Waals surface area contributed by atoms with Gasteiger partial charge in [0, 0.05) is 27.4 Å². The molecule has 0 amide bonds. The van der Waals surface area contributed by atoms with Crippen molar-refractivity contribution in [3.05, 3.63) is 114 Å². The van der Waals surface area contributed by atoms with Gasteiger partial charge in [0.1, 0.15) is 11.5 Å². The van der Waals surface area contributed by atoms with E-state index < -0.39 is 18.9 Å². The van der Waals surface area contributed by atoms with Crippen molar-refractivity contribution in [2.24, 2.45) is 5.41 Å². The first-order valence-corrected chi connectivity index (χ1v) is 16.8. The Kier molecular flexibility index (Phi) is 8.07. The van der Waals surface area contributed by atoms with Crippen molar-refractivity contribution in [3.63, 3.8) is 0 Å². The molecule has 5 heteroatoms. The molecule has 0 saturated heterocycles. The van der Waals surface area contributed by atoms with Gasteiger partial charge >= 0.3 is 0 Å². The maximum atomic E-state index is 13.4. The van der Waals surface area contributed by atoms with Crippen molar-refractivity contribution in [2.75, 3.05) is 0 Å². The molecule has 1 unspecified atom stereocenters. The van der Waals surface area contributed by atoms with Gasteiger partial charge in [-0.3, -0.25) is 0 Å². The van der Waals surface area contributed by atoms with Crippen molar-refractivity contribution < 1.29 is 8.95 Å². The zero-order valence-electron chi connectivity index (χ0n) is 25.5. The van der Waals surface area contributed by atoms with Gasteiger partial charge in [0.15, 0.2) is 0 Å². The van der Waals surface area contributed by atoms with E-state index in [0.717, 1.165) is 22.6 Å². The highest BCUT2D eigenvalue weighted by Gasteiger charge is 2.41. The zero-order chi connectivity index (χ0) is 29.6. The highest BCUT2D eigenvalue weighted by atomic mass is 32.2. The molecule has 4 aromatic carbocycles. The van der Waals surface area contributed by atoms with Crippen LogP contribution < -0.4 is 25.4 Å². The van der Waals surface area contributed by atoms with Crippen LogP contribution >= 0.6 is 7.92 Å². The minimum absolute atomic E-state index is 0.174. The fourth-order valence-corrected chi connectivity index (χ4v) is 8.96. The van der Waals surface area contributed by atoms with E-state index >= 15 is 0 Å². The maximum absolute atomic E-state index is 13.4. The first kappa shape index (κ1) is 29.7. The number of rotatable bonds is 6. The summed E-state index contributed by atoms with van der Waals surface area (Å²) in [7, 11) is -2.10. The lowest BCUT2D eigenvalue weighted by Crippen LogP contribution is -2.41. The van der Waals surface area contributed by atoms with E-state index in [1.807, 2.05) is 20.8 Å². The average Bonchev–Trinajstić information content (AvgIpc) is 2.92. The molecule has 1 aliphatic rings. The maximum Gasteiger partial charge on any atom is 0.139 e. The summed E-state index contributed by atoms with van der Waals surface area (Å²) in [5, 5.41) is 3.79. The lowest BCUT2D eigenvalue weighted by molar-refractivity contribution is 0.297. The molecule has 0 saturated carbocycles. The number of ether oxygens (including phenoxy) is 1. The highest BCUT2D eigenvalue weighted by Crippen LogP contribution is 2.53. The average molecular weight is 584 g/mol. The summed E-state index contributed by atoms with van der Waals surface area (Å²) in [4.78, 5) is 0. The van der Waals surface area contributed by atoms with Crippen LogP contribution in [0.3, 0.4) is 0 Å². The normalized spacial score (nSPS) is 15.9. The minimum Gasteiger partial charge on any atom is -0.456 e. The Labute approximate surface area is 250 Å². The lowest BCUT2D eigenvalue weighted by atomic mass is 9.73. The third kappa shape index (κ3) is 5.80. The SMILES string of the molecule is CC1(C)c2cccc([C@@H](NS(=O)C(C)(C)C)C(C)(C)C)c2Oc2c(P(c3ccccc3)c3ccccc3)cccc21. The fourth-order valence-electron chi connectivity index (χ4n) is 5.51. The van der Waals surface area contributed by atoms with E-state index in [-0.39, 0.29) is 21.6 Å². The third-order valence-corrected chi connectivity index (χ3v) is 11.8. The van der Waals surface area contributed by atoms with Gasteiger partial charge in [0.2, 0.25) is 0 Å². The second-order valence-corrected chi connectivity index (χ2v) is 17.6. The van der Waals surface area contributed by atoms with Gasteiger partial charge in [-0.05, 0) is 44.7 Å². The van der Waals surface area contributed by atoms with E-state index in [0.29, 0.717) is 0 Å². The standard InChI is InChI=1S/C36H42NO2PS/c1-34(2,3)33(37-41(38)35(4,5)6)27-21-15-22-28-31(27)39-32-29(36(28,7)8)23-16-24-30(32)40(25-17-11-9-12-18-25)26-19-13-10-14-20-26/h9-24,33,37H,1-8H3/t33-,41?/m1/s1. The smallest absolute Gasteiger partial charge is 0.139 e. The number of hydrogen-bond acceptors (Lipinski definition) is 2. The summed E-state index contributed by atoms with van der Waals surface area (Å²) in [6.07, 6.45) is 0. The number of para-hydroxylation sites is 2. The van der Waals surface area contributed by atoms with Crippen molar-refractivity contribution in [2.45, 2.75) is 71.6 Å². The van der Waals surface area contributed by atoms with E-state index in [9.17, 15) is 4.21 Å². The Morgan fingerprint density at radius 3 is 1.73 bits per heavy atom. The molecule has 4 aromatic rings. The first-order chi connectivity index (χ1) is 19.3. The molecule has 3 nitrogen and oxygen atoms in total. The molecule has 1 N–H and O–H groups in total. The third-order valence-electron chi connectivity index (χ3n) is 7.82. The highest BCUT2D eigenvalue weighted by molar-refractivity contribution is 7.84. The molecule has 0 bridgehead atoms. The van der Waals surface area contributed by atoms with E-state index in [2.05, 4.69) is 136 Å². The van der Waals surface area contributed by atoms with Crippen LogP contribution in [0.5, 0.6) is 11.5 Å². The summed E-state index contributed by atoms with van der Waals surface area (Å²) in [6, 6.07) is 34.5. The van der Waals surface area contributed by atoms with Crippen LogP contribution in [0.25, 0.3) is 0 Å². The quantitative estimate of drug-likeness (QED) is 0.234. The largest absolute Gasteiger partial charge is 0.456 e. The summed E-state index contributed by atoms with van der Waals surface area (Å²) in [5.74, 6) is 1.83. The molecule has 0 aromatic heterocycles. The van der Waals surface area contributed by atoms with E-state index in [4.69, 9.17) is 4.74 Å². The summed E-state index contributed by atoms with van der Waals surface area (Å²) < 4.78 is 23.6. The molecule has 214 valence electrons. The van der Waals surface area contributed by atoms with Crippen LogP contribution in [-0.2, 0) is 16.4 Å². The lowest BCUT2D eigenvalue weighted by Gasteiger charge is -2.40. The Morgan fingerprint density at radius 2 is 1.22 bits per heavy atom. The Bertz CT molecular complexity index is 1510. The van der Waals surface area contributed by atoms with Crippen LogP contribution in [0.15, 0.2) is 97.1 Å². The summed E-state index contributed by atoms with van der Waals surface area (Å²) >= 11 is 0. The van der Waals surface area contributed by atoms with Gasteiger partial charge in [0.05, 0.1) is 21.8 Å². The first-order valence-electron chi connectivity index (χ1n) is 14.3. The molecule has 0 fully saturated rings. The zero-order valence-corrected chi connectivity index (χ0v) is 27.2. The Balaban J connectivity index is 1.71. The summed E-state index contributed by atoms with van der Waals surface area (Å²) in [6.45, 7) is 17.2. The number of benzene rings is 4. The van der Waals surface area contributed by atoms with Gasteiger partial charge in [-0.2, -0.15) is 0 Å². The summed E-state index contributed by atoms with van der Waals surface area (Å²) in [5.41, 5.74) is 2.90. The number of hydrogen-bond donors (Lipinski definition) is 1. The Morgan fingerprint density at radius 1 is 0.707 bits per heavy atom. The van der Waals surface area contributed by atoms with Crippen LogP contribution in [0.4, 0.5) is 0 Å². The molecular formula is C36H42NO2PS. The molecule has 5 rings (SSSR count). The van der Waals surface area contributed by atoms with Crippen molar-refractivity contribution in [1.29, 1.82) is 0 Å². The monoisotopic (exact) mass is 583 g/mol. The molecule has 0 spiro atoms. The molecule has 0 aliphatic carbocycles. The van der Waals surface area contributed by atoms with Crippen LogP contribution in [0, 0.1) is 5.41 Å². The molecular weight excluding hydrogens is 541 g/mol. The second kappa shape index (κ2) is 11.1. The predicted octanol–water partition coefficient (Wildman–Crippen LogP) is 8.02. The van der Waals surface area contributed by atoms with Crippen molar-refractivity contribution >= 4 is 34.8 Å². The van der Waals surface area contributed by atoms with Crippen molar-refractivity contribution in [1.82, 2.24) is 4.72 Å². The minimum atomic E-state index is -1.24. The van der Waals surface area contributed by atoms with Gasteiger partial charge < -0.3 is 4.74 Å². The fraction of sp³-hybridized carbons (Fsp3) is 0.333. The topological polar surface area (TPSA) is 38.3 Å². The predicted molar refractivity (Wildman–Crippen MR) is 177 cm³/mol. The van der Waals surface area contributed by atoms with Gasteiger partial charge in [-0.15, -0.1) is 0 Å². The molecule has 41 heavy (non-hydrogen) atoms. The van der Waals surface area contributed by atoms with Crippen LogP contribution in [0.1, 0.15) is 78.1 Å². The molecule has 0 radical (unpaired) electrons. The van der Waals surface area contributed by atoms with Crippen molar-refractivity contribution in [3.8, 4) is 11.5 Å².